The van der Waals surface area contributed by atoms with Gasteiger partial charge in [-0.2, -0.15) is 0 Å². The molecule has 1 radical (unpaired) electrons. The van der Waals surface area contributed by atoms with Crippen molar-refractivity contribution in [3.63, 3.8) is 0 Å². The molecule has 0 heterocycles. The highest BCUT2D eigenvalue weighted by atomic mass is 14.2. The van der Waals surface area contributed by atoms with Gasteiger partial charge in [-0.3, -0.25) is 0 Å². The van der Waals surface area contributed by atoms with Gasteiger partial charge in [0.2, 0.25) is 0 Å². The first-order valence-corrected chi connectivity index (χ1v) is 5.40. The van der Waals surface area contributed by atoms with Crippen LogP contribution in [0.5, 0.6) is 0 Å². The molecule has 0 aliphatic heterocycles. The topological polar surface area (TPSA) is 0 Å². The van der Waals surface area contributed by atoms with Crippen LogP contribution >= 0.6 is 0 Å². The number of hydrogen-bond donors (Lipinski definition) is 0. The van der Waals surface area contributed by atoms with Crippen LogP contribution in [0.3, 0.4) is 0 Å². The van der Waals surface area contributed by atoms with E-state index in [1.165, 1.54) is 29.5 Å². The zero-order valence-corrected chi connectivity index (χ0v) is 8.96. The van der Waals surface area contributed by atoms with Gasteiger partial charge in [0.25, 0.3) is 0 Å². The van der Waals surface area contributed by atoms with Gasteiger partial charge in [-0.05, 0) is 35.5 Å². The normalized spacial score (nSPS) is 14.4. The van der Waals surface area contributed by atoms with E-state index in [1.54, 1.807) is 0 Å². The molecule has 0 unspecified atom stereocenters. The van der Waals surface area contributed by atoms with Crippen LogP contribution in [0.1, 0.15) is 37.8 Å². The molecule has 14 heavy (non-hydrogen) atoms. The van der Waals surface area contributed by atoms with Crippen LogP contribution < -0.4 is 0 Å². The Kier molecular flexibility index (Phi) is 2.72. The van der Waals surface area contributed by atoms with Gasteiger partial charge < -0.3 is 0 Å². The molecule has 73 valence electrons. The second-order valence-electron chi connectivity index (χ2n) is 4.38. The maximum Gasteiger partial charge on any atom is 0.0134 e. The van der Waals surface area contributed by atoms with E-state index in [4.69, 9.17) is 0 Å². The Morgan fingerprint density at radius 3 is 2.71 bits per heavy atom. The molecule has 1 aromatic carbocycles. The van der Waals surface area contributed by atoms with Crippen molar-refractivity contribution < 1.29 is 0 Å². The van der Waals surface area contributed by atoms with Gasteiger partial charge in [-0.15, -0.1) is 0 Å². The average Bonchev–Trinajstić information content (AvgIpc) is 2.58. The Balaban J connectivity index is 2.09. The first kappa shape index (κ1) is 9.51. The molecule has 0 saturated carbocycles. The highest BCUT2D eigenvalue weighted by Crippen LogP contribution is 2.32. The maximum atomic E-state index is 2.28. The van der Waals surface area contributed by atoms with Gasteiger partial charge in [0.15, 0.2) is 0 Å². The summed E-state index contributed by atoms with van der Waals surface area (Å²) in [6.07, 6.45) is 7.00. The standard InChI is InChI=1S/C14H17/c1-11(2)7-8-13-10-9-12-5-3-4-6-14(12)13/h3-6,9-11H,7-8H2,1-2H3. The van der Waals surface area contributed by atoms with Crippen molar-refractivity contribution in [1.82, 2.24) is 0 Å². The molecule has 0 heteroatoms. The molecule has 1 aromatic rings. The summed E-state index contributed by atoms with van der Waals surface area (Å²) in [6, 6.07) is 8.65. The summed E-state index contributed by atoms with van der Waals surface area (Å²) in [5, 5.41) is 0. The van der Waals surface area contributed by atoms with E-state index >= 15 is 0 Å². The molecule has 0 spiro atoms. The van der Waals surface area contributed by atoms with Crippen molar-refractivity contribution in [2.45, 2.75) is 26.7 Å². The monoisotopic (exact) mass is 185 g/mol. The van der Waals surface area contributed by atoms with Crippen molar-refractivity contribution >= 4 is 5.57 Å². The summed E-state index contributed by atoms with van der Waals surface area (Å²) in [6.45, 7) is 4.57. The molecule has 1 aliphatic carbocycles. The van der Waals surface area contributed by atoms with E-state index in [0.717, 1.165) is 5.92 Å². The molecule has 0 fully saturated rings. The van der Waals surface area contributed by atoms with Gasteiger partial charge in [-0.1, -0.05) is 44.2 Å². The van der Waals surface area contributed by atoms with E-state index < -0.39 is 0 Å². The van der Waals surface area contributed by atoms with Crippen molar-refractivity contribution in [3.05, 3.63) is 47.9 Å². The smallest absolute Gasteiger partial charge is 0.0134 e. The lowest BCUT2D eigenvalue weighted by atomic mass is 9.98. The van der Waals surface area contributed by atoms with Crippen LogP contribution in [-0.4, -0.2) is 0 Å². The molecular weight excluding hydrogens is 168 g/mol. The Hall–Kier alpha value is -1.04. The lowest BCUT2D eigenvalue weighted by Crippen LogP contribution is -1.89. The third-order valence-electron chi connectivity index (χ3n) is 2.76. The minimum absolute atomic E-state index is 0.795. The van der Waals surface area contributed by atoms with E-state index in [1.807, 2.05) is 0 Å². The summed E-state index contributed by atoms with van der Waals surface area (Å²) in [5.74, 6) is 0.795. The Morgan fingerprint density at radius 1 is 1.14 bits per heavy atom. The molecular formula is C14H17. The first-order valence-electron chi connectivity index (χ1n) is 5.40. The van der Waals surface area contributed by atoms with Gasteiger partial charge in [-0.25, -0.2) is 0 Å². The average molecular weight is 185 g/mol. The fraction of sp³-hybridized carbons (Fsp3) is 0.357. The summed E-state index contributed by atoms with van der Waals surface area (Å²) in [4.78, 5) is 0. The molecule has 0 aromatic heterocycles. The number of fused-ring (bicyclic) bond motifs is 1. The number of allylic oxidation sites excluding steroid dienone is 2. The predicted octanol–water partition coefficient (Wildman–Crippen LogP) is 4.07. The summed E-state index contributed by atoms with van der Waals surface area (Å²) in [5.41, 5.74) is 4.33. The fourth-order valence-electron chi connectivity index (χ4n) is 1.88. The highest BCUT2D eigenvalue weighted by Gasteiger charge is 2.12. The quantitative estimate of drug-likeness (QED) is 0.665. The zero-order chi connectivity index (χ0) is 9.97. The van der Waals surface area contributed by atoms with Gasteiger partial charge >= 0.3 is 0 Å². The van der Waals surface area contributed by atoms with Gasteiger partial charge in [0, 0.05) is 6.42 Å². The molecule has 2 rings (SSSR count). The van der Waals surface area contributed by atoms with Crippen molar-refractivity contribution in [2.75, 3.05) is 0 Å². The van der Waals surface area contributed by atoms with Crippen LogP contribution in [0, 0.1) is 12.3 Å². The Labute approximate surface area is 86.7 Å². The first-order chi connectivity index (χ1) is 6.77. The lowest BCUT2D eigenvalue weighted by molar-refractivity contribution is 0.599. The largest absolute Gasteiger partial charge is 0.0722 e. The molecule has 0 nitrogen and oxygen atoms in total. The Bertz CT molecular complexity index is 345. The number of rotatable bonds is 3. The number of hydrogen-bond acceptors (Lipinski definition) is 0. The van der Waals surface area contributed by atoms with E-state index in [-0.39, 0.29) is 0 Å². The minimum atomic E-state index is 0.795. The van der Waals surface area contributed by atoms with E-state index in [9.17, 15) is 0 Å². The molecule has 0 N–H and O–H groups in total. The van der Waals surface area contributed by atoms with Crippen LogP contribution in [0.2, 0.25) is 0 Å². The van der Waals surface area contributed by atoms with Gasteiger partial charge in [0.1, 0.15) is 0 Å². The van der Waals surface area contributed by atoms with Crippen LogP contribution in [0.15, 0.2) is 30.3 Å². The lowest BCUT2D eigenvalue weighted by Gasteiger charge is -2.07. The third kappa shape index (κ3) is 1.89. The second-order valence-corrected chi connectivity index (χ2v) is 4.38. The molecule has 0 atom stereocenters. The van der Waals surface area contributed by atoms with E-state index in [0.29, 0.717) is 0 Å². The van der Waals surface area contributed by atoms with Crippen molar-refractivity contribution in [2.24, 2.45) is 5.92 Å². The molecule has 0 saturated heterocycles. The number of benzene rings is 1. The molecule has 0 bridgehead atoms. The fourth-order valence-corrected chi connectivity index (χ4v) is 1.88. The summed E-state index contributed by atoms with van der Waals surface area (Å²) >= 11 is 0. The molecule has 0 amide bonds. The molecule has 1 aliphatic rings. The van der Waals surface area contributed by atoms with E-state index in [2.05, 4.69) is 50.6 Å². The maximum absolute atomic E-state index is 2.28. The predicted molar refractivity (Wildman–Crippen MR) is 61.9 cm³/mol. The highest BCUT2D eigenvalue weighted by molar-refractivity contribution is 5.76. The summed E-state index contributed by atoms with van der Waals surface area (Å²) in [7, 11) is 0. The second kappa shape index (κ2) is 4.00. The van der Waals surface area contributed by atoms with Crippen LogP contribution in [0.25, 0.3) is 5.57 Å². The zero-order valence-electron chi connectivity index (χ0n) is 8.96. The van der Waals surface area contributed by atoms with Gasteiger partial charge in [0.05, 0.1) is 0 Å². The van der Waals surface area contributed by atoms with Crippen molar-refractivity contribution in [3.8, 4) is 0 Å². The van der Waals surface area contributed by atoms with Crippen LogP contribution in [0.4, 0.5) is 0 Å². The third-order valence-corrected chi connectivity index (χ3v) is 2.76. The Morgan fingerprint density at radius 2 is 1.93 bits per heavy atom. The van der Waals surface area contributed by atoms with Crippen LogP contribution in [-0.2, 0) is 0 Å². The summed E-state index contributed by atoms with van der Waals surface area (Å²) < 4.78 is 0. The van der Waals surface area contributed by atoms with Crippen molar-refractivity contribution in [1.29, 1.82) is 0 Å². The SMILES string of the molecule is CC(C)CCC1=C[CH]c2ccccc21. The minimum Gasteiger partial charge on any atom is -0.0722 e.